The van der Waals surface area contributed by atoms with Crippen molar-refractivity contribution in [3.05, 3.63) is 35.8 Å². The number of ether oxygens (including phenoxy) is 2. The molecule has 0 amide bonds. The highest BCUT2D eigenvalue weighted by molar-refractivity contribution is 6.02. The molecule has 1 aromatic heterocycles. The topological polar surface area (TPSA) is 82.8 Å². The van der Waals surface area contributed by atoms with Gasteiger partial charge in [0.1, 0.15) is 6.10 Å². The van der Waals surface area contributed by atoms with Gasteiger partial charge in [-0.1, -0.05) is 12.0 Å². The van der Waals surface area contributed by atoms with Crippen LogP contribution in [0.15, 0.2) is 34.7 Å². The van der Waals surface area contributed by atoms with Gasteiger partial charge in [0.15, 0.2) is 5.78 Å². The number of allylic oxidation sites excluding steroid dienone is 2. The molecule has 0 aromatic carbocycles. The Bertz CT molecular complexity index is 822. The quantitative estimate of drug-likeness (QED) is 0.740. The van der Waals surface area contributed by atoms with Gasteiger partial charge in [0.2, 0.25) is 0 Å². The highest BCUT2D eigenvalue weighted by Gasteiger charge is 2.68. The van der Waals surface area contributed by atoms with Crippen molar-refractivity contribution in [3.63, 3.8) is 0 Å². The Morgan fingerprint density at radius 2 is 2.07 bits per heavy atom. The van der Waals surface area contributed by atoms with E-state index in [4.69, 9.17) is 13.9 Å². The maximum absolute atomic E-state index is 13.4. The summed E-state index contributed by atoms with van der Waals surface area (Å²) in [4.78, 5) is 39.1. The van der Waals surface area contributed by atoms with Crippen LogP contribution in [0.1, 0.15) is 51.2 Å². The third-order valence-electron chi connectivity index (χ3n) is 6.91. The van der Waals surface area contributed by atoms with E-state index in [0.717, 1.165) is 11.1 Å². The number of furan rings is 1. The molecule has 1 aliphatic heterocycles. The van der Waals surface area contributed by atoms with E-state index < -0.39 is 28.8 Å². The van der Waals surface area contributed by atoms with Crippen molar-refractivity contribution in [2.75, 3.05) is 7.11 Å². The molecule has 1 saturated heterocycles. The van der Waals surface area contributed by atoms with Gasteiger partial charge < -0.3 is 13.9 Å². The molecule has 1 aromatic rings. The number of cyclic esters (lactones) is 1. The Hall–Kier alpha value is -2.37. The standard InChI is InChI=1S/C21H24O6/c1-12-9-15(22)17-20(2,18(23)25-3)6-4-7-21(17)14(12)10-16(27-19(21)24)13-5-8-26-11-13/h5,8-9,11,14,16-17H,4,6-7,10H2,1-3H3/t14-,16+,17+,20+,21-/m0/s1. The average Bonchev–Trinajstić information content (AvgIpc) is 3.17. The molecule has 0 N–H and O–H groups in total. The van der Waals surface area contributed by atoms with E-state index in [1.807, 2.05) is 6.92 Å². The predicted molar refractivity (Wildman–Crippen MR) is 94.3 cm³/mol. The first-order chi connectivity index (χ1) is 12.8. The zero-order chi connectivity index (χ0) is 19.4. The van der Waals surface area contributed by atoms with E-state index in [1.165, 1.54) is 7.11 Å². The van der Waals surface area contributed by atoms with Crippen molar-refractivity contribution in [1.82, 2.24) is 0 Å². The minimum Gasteiger partial charge on any atom is -0.472 e. The van der Waals surface area contributed by atoms with Crippen LogP contribution in [-0.4, -0.2) is 24.8 Å². The largest absolute Gasteiger partial charge is 0.472 e. The number of methoxy groups -OCH3 is 1. The number of carbonyl (C=O) groups is 3. The number of esters is 2. The minimum atomic E-state index is -1.03. The van der Waals surface area contributed by atoms with Gasteiger partial charge in [-0.05, 0) is 45.3 Å². The fourth-order valence-electron chi connectivity index (χ4n) is 5.74. The third-order valence-corrected chi connectivity index (χ3v) is 6.91. The summed E-state index contributed by atoms with van der Waals surface area (Å²) in [6.07, 6.45) is 6.66. The molecule has 6 heteroatoms. The van der Waals surface area contributed by atoms with Crippen molar-refractivity contribution < 1.29 is 28.3 Å². The molecule has 1 spiro atoms. The van der Waals surface area contributed by atoms with Crippen LogP contribution >= 0.6 is 0 Å². The molecule has 2 aliphatic carbocycles. The van der Waals surface area contributed by atoms with Crippen LogP contribution in [-0.2, 0) is 23.9 Å². The summed E-state index contributed by atoms with van der Waals surface area (Å²) < 4.78 is 16.0. The molecule has 5 atom stereocenters. The van der Waals surface area contributed by atoms with Gasteiger partial charge in [0, 0.05) is 11.5 Å². The molecule has 1 saturated carbocycles. The Labute approximate surface area is 157 Å². The molecule has 2 heterocycles. The second-order valence-corrected chi connectivity index (χ2v) is 8.27. The SMILES string of the molecule is COC(=O)[C@]1(C)CCC[C@]23C(=O)O[C@@H](c4ccoc4)C[C@H]2C(C)=CC(=O)[C@@H]31. The predicted octanol–water partition coefficient (Wildman–Crippen LogP) is 3.38. The lowest BCUT2D eigenvalue weighted by atomic mass is 9.46. The summed E-state index contributed by atoms with van der Waals surface area (Å²) in [5.74, 6) is -1.89. The molecule has 144 valence electrons. The van der Waals surface area contributed by atoms with Gasteiger partial charge in [0.05, 0.1) is 36.4 Å². The van der Waals surface area contributed by atoms with Crippen LogP contribution in [0.4, 0.5) is 0 Å². The first-order valence-corrected chi connectivity index (χ1v) is 9.38. The van der Waals surface area contributed by atoms with Crippen LogP contribution in [0, 0.1) is 22.7 Å². The first kappa shape index (κ1) is 18.0. The van der Waals surface area contributed by atoms with Gasteiger partial charge in [-0.25, -0.2) is 0 Å². The van der Waals surface area contributed by atoms with Crippen molar-refractivity contribution in [1.29, 1.82) is 0 Å². The number of hydrogen-bond donors (Lipinski definition) is 0. The lowest BCUT2D eigenvalue weighted by molar-refractivity contribution is -0.201. The molecule has 6 nitrogen and oxygen atoms in total. The van der Waals surface area contributed by atoms with Crippen molar-refractivity contribution in [2.45, 2.75) is 45.6 Å². The molecule has 27 heavy (non-hydrogen) atoms. The summed E-state index contributed by atoms with van der Waals surface area (Å²) in [7, 11) is 1.33. The minimum absolute atomic E-state index is 0.148. The van der Waals surface area contributed by atoms with Gasteiger partial charge >= 0.3 is 11.9 Å². The molecular weight excluding hydrogens is 348 g/mol. The van der Waals surface area contributed by atoms with Crippen molar-refractivity contribution in [2.24, 2.45) is 22.7 Å². The average molecular weight is 372 g/mol. The molecule has 0 radical (unpaired) electrons. The summed E-state index contributed by atoms with van der Waals surface area (Å²) in [6.45, 7) is 3.65. The summed E-state index contributed by atoms with van der Waals surface area (Å²) in [5.41, 5.74) is -0.334. The van der Waals surface area contributed by atoms with E-state index in [1.54, 1.807) is 31.6 Å². The van der Waals surface area contributed by atoms with Crippen LogP contribution in [0.25, 0.3) is 0 Å². The summed E-state index contributed by atoms with van der Waals surface area (Å²) in [5, 5.41) is 0. The molecule has 0 bridgehead atoms. The zero-order valence-corrected chi connectivity index (χ0v) is 15.8. The van der Waals surface area contributed by atoms with E-state index in [0.29, 0.717) is 25.7 Å². The van der Waals surface area contributed by atoms with Crippen molar-refractivity contribution in [3.8, 4) is 0 Å². The van der Waals surface area contributed by atoms with Crippen LogP contribution in [0.2, 0.25) is 0 Å². The Kier molecular flexibility index (Phi) is 4.05. The second-order valence-electron chi connectivity index (χ2n) is 8.27. The van der Waals surface area contributed by atoms with E-state index >= 15 is 0 Å². The van der Waals surface area contributed by atoms with Crippen molar-refractivity contribution >= 4 is 17.7 Å². The highest BCUT2D eigenvalue weighted by Crippen LogP contribution is 2.63. The maximum Gasteiger partial charge on any atom is 0.314 e. The van der Waals surface area contributed by atoms with E-state index in [9.17, 15) is 14.4 Å². The molecule has 3 aliphatic rings. The smallest absolute Gasteiger partial charge is 0.314 e. The van der Waals surface area contributed by atoms with E-state index in [-0.39, 0.29) is 17.7 Å². The third kappa shape index (κ3) is 2.35. The van der Waals surface area contributed by atoms with Gasteiger partial charge in [0.25, 0.3) is 0 Å². The zero-order valence-electron chi connectivity index (χ0n) is 15.8. The van der Waals surface area contributed by atoms with Gasteiger partial charge in [-0.3, -0.25) is 14.4 Å². The number of ketones is 1. The molecule has 2 fully saturated rings. The number of rotatable bonds is 2. The Morgan fingerprint density at radius 3 is 2.74 bits per heavy atom. The normalized spacial score (nSPS) is 38.3. The fraction of sp³-hybridized carbons (Fsp3) is 0.571. The summed E-state index contributed by atoms with van der Waals surface area (Å²) in [6, 6.07) is 1.79. The van der Waals surface area contributed by atoms with Crippen LogP contribution in [0.3, 0.4) is 0 Å². The van der Waals surface area contributed by atoms with Gasteiger partial charge in [-0.15, -0.1) is 0 Å². The maximum atomic E-state index is 13.4. The number of carbonyl (C=O) groups excluding carboxylic acids is 3. The number of hydrogen-bond acceptors (Lipinski definition) is 6. The second kappa shape index (κ2) is 6.08. The fourth-order valence-corrected chi connectivity index (χ4v) is 5.74. The Balaban J connectivity index is 1.83. The lowest BCUT2D eigenvalue weighted by Crippen LogP contribution is -2.62. The molecule has 0 unspecified atom stereocenters. The van der Waals surface area contributed by atoms with E-state index in [2.05, 4.69) is 0 Å². The van der Waals surface area contributed by atoms with Crippen LogP contribution in [0.5, 0.6) is 0 Å². The van der Waals surface area contributed by atoms with Gasteiger partial charge in [-0.2, -0.15) is 0 Å². The lowest BCUT2D eigenvalue weighted by Gasteiger charge is -2.57. The monoisotopic (exact) mass is 372 g/mol. The molecule has 4 rings (SSSR count). The summed E-state index contributed by atoms with van der Waals surface area (Å²) >= 11 is 0. The highest BCUT2D eigenvalue weighted by atomic mass is 16.5. The Morgan fingerprint density at radius 1 is 1.30 bits per heavy atom. The molecular formula is C21H24O6. The first-order valence-electron chi connectivity index (χ1n) is 9.38. The van der Waals surface area contributed by atoms with Crippen LogP contribution < -0.4 is 0 Å².